The molecule has 0 radical (unpaired) electrons. The van der Waals surface area contributed by atoms with Crippen molar-refractivity contribution in [3.63, 3.8) is 0 Å². The fraction of sp³-hybridized carbons (Fsp3) is 0.375. The first-order valence-electron chi connectivity index (χ1n) is 7.23. The Morgan fingerprint density at radius 3 is 3.05 bits per heavy atom. The third kappa shape index (κ3) is 2.57. The van der Waals surface area contributed by atoms with Crippen LogP contribution in [-0.2, 0) is 20.7 Å². The molecule has 6 nitrogen and oxygen atoms in total. The van der Waals surface area contributed by atoms with Crippen LogP contribution in [0, 0.1) is 6.92 Å². The van der Waals surface area contributed by atoms with Crippen LogP contribution >= 0.6 is 0 Å². The van der Waals surface area contributed by atoms with E-state index in [1.54, 1.807) is 0 Å². The number of amides is 1. The Kier molecular flexibility index (Phi) is 3.85. The van der Waals surface area contributed by atoms with Crippen LogP contribution in [0.3, 0.4) is 0 Å². The minimum absolute atomic E-state index is 0.0496. The molecular formula is C16H18N2O4. The van der Waals surface area contributed by atoms with Crippen LogP contribution in [0.2, 0.25) is 0 Å². The van der Waals surface area contributed by atoms with Crippen molar-refractivity contribution in [1.82, 2.24) is 9.88 Å². The number of H-pyrrole nitrogens is 1. The standard InChI is InChI=1S/C16H18N2O4/c1-10-3-2-4-12-15(10)11(8-17-12)7-14(19)18-5-6-22-9-13(18)16(20)21/h2-4,8,13,17H,5-7,9H2,1H3,(H,20,21). The molecule has 1 unspecified atom stereocenters. The number of carbonyl (C=O) groups excluding carboxylic acids is 1. The van der Waals surface area contributed by atoms with E-state index in [0.29, 0.717) is 13.2 Å². The van der Waals surface area contributed by atoms with Gasteiger partial charge in [0.1, 0.15) is 0 Å². The molecule has 1 amide bonds. The molecular weight excluding hydrogens is 284 g/mol. The lowest BCUT2D eigenvalue weighted by molar-refractivity contribution is -0.157. The van der Waals surface area contributed by atoms with Gasteiger partial charge in [0.25, 0.3) is 0 Å². The molecule has 22 heavy (non-hydrogen) atoms. The maximum absolute atomic E-state index is 12.5. The number of nitrogens with zero attached hydrogens (tertiary/aromatic N) is 1. The third-order valence-electron chi connectivity index (χ3n) is 4.07. The average Bonchev–Trinajstić information content (AvgIpc) is 2.91. The van der Waals surface area contributed by atoms with Crippen molar-refractivity contribution in [3.05, 3.63) is 35.5 Å². The second kappa shape index (κ2) is 5.81. The second-order valence-corrected chi connectivity index (χ2v) is 5.50. The van der Waals surface area contributed by atoms with Gasteiger partial charge in [-0.05, 0) is 24.1 Å². The lowest BCUT2D eigenvalue weighted by atomic mass is 10.0. The van der Waals surface area contributed by atoms with Gasteiger partial charge in [-0.2, -0.15) is 0 Å². The number of carbonyl (C=O) groups is 2. The molecule has 1 aliphatic rings. The highest BCUT2D eigenvalue weighted by molar-refractivity contribution is 5.92. The second-order valence-electron chi connectivity index (χ2n) is 5.50. The maximum Gasteiger partial charge on any atom is 0.328 e. The number of benzene rings is 1. The molecule has 0 bridgehead atoms. The summed E-state index contributed by atoms with van der Waals surface area (Å²) in [6.07, 6.45) is 2.01. The van der Waals surface area contributed by atoms with E-state index < -0.39 is 12.0 Å². The zero-order valence-electron chi connectivity index (χ0n) is 12.3. The van der Waals surface area contributed by atoms with E-state index in [4.69, 9.17) is 4.74 Å². The van der Waals surface area contributed by atoms with Crippen molar-refractivity contribution < 1.29 is 19.4 Å². The quantitative estimate of drug-likeness (QED) is 0.896. The summed E-state index contributed by atoms with van der Waals surface area (Å²) in [6.45, 7) is 2.74. The van der Waals surface area contributed by atoms with E-state index in [1.165, 1.54) is 4.90 Å². The summed E-state index contributed by atoms with van der Waals surface area (Å²) in [4.78, 5) is 28.4. The molecule has 116 valence electrons. The van der Waals surface area contributed by atoms with Gasteiger partial charge >= 0.3 is 5.97 Å². The van der Waals surface area contributed by atoms with Crippen molar-refractivity contribution in [2.45, 2.75) is 19.4 Å². The Morgan fingerprint density at radius 2 is 2.27 bits per heavy atom. The summed E-state index contributed by atoms with van der Waals surface area (Å²) in [5.41, 5.74) is 2.98. The molecule has 1 aromatic heterocycles. The van der Waals surface area contributed by atoms with Crippen molar-refractivity contribution >= 4 is 22.8 Å². The summed E-state index contributed by atoms with van der Waals surface area (Å²) < 4.78 is 5.17. The third-order valence-corrected chi connectivity index (χ3v) is 4.07. The molecule has 3 rings (SSSR count). The van der Waals surface area contributed by atoms with E-state index in [9.17, 15) is 14.7 Å². The number of aryl methyl sites for hydroxylation is 1. The smallest absolute Gasteiger partial charge is 0.328 e. The minimum Gasteiger partial charge on any atom is -0.480 e. The molecule has 1 atom stereocenters. The lowest BCUT2D eigenvalue weighted by Gasteiger charge is -2.32. The van der Waals surface area contributed by atoms with E-state index in [-0.39, 0.29) is 18.9 Å². The van der Waals surface area contributed by atoms with Crippen LogP contribution in [-0.4, -0.2) is 52.7 Å². The predicted molar refractivity (Wildman–Crippen MR) is 80.7 cm³/mol. The fourth-order valence-electron chi connectivity index (χ4n) is 2.96. The van der Waals surface area contributed by atoms with Crippen molar-refractivity contribution in [2.75, 3.05) is 19.8 Å². The number of hydrogen-bond acceptors (Lipinski definition) is 3. The number of hydrogen-bond donors (Lipinski definition) is 2. The van der Waals surface area contributed by atoms with E-state index in [0.717, 1.165) is 22.0 Å². The lowest BCUT2D eigenvalue weighted by Crippen LogP contribution is -2.53. The first-order chi connectivity index (χ1) is 10.6. The number of morpholine rings is 1. The topological polar surface area (TPSA) is 82.6 Å². The van der Waals surface area contributed by atoms with Gasteiger partial charge in [-0.15, -0.1) is 0 Å². The van der Waals surface area contributed by atoms with Gasteiger partial charge in [0.05, 0.1) is 19.6 Å². The highest BCUT2D eigenvalue weighted by Gasteiger charge is 2.32. The fourth-order valence-corrected chi connectivity index (χ4v) is 2.96. The van der Waals surface area contributed by atoms with E-state index >= 15 is 0 Å². The molecule has 1 aromatic carbocycles. The van der Waals surface area contributed by atoms with Gasteiger partial charge in [0, 0.05) is 23.6 Å². The Bertz CT molecular complexity index is 722. The highest BCUT2D eigenvalue weighted by atomic mass is 16.5. The van der Waals surface area contributed by atoms with Crippen LogP contribution in [0.1, 0.15) is 11.1 Å². The Balaban J connectivity index is 1.85. The van der Waals surface area contributed by atoms with Crippen LogP contribution in [0.25, 0.3) is 10.9 Å². The van der Waals surface area contributed by atoms with Crippen LogP contribution < -0.4 is 0 Å². The Hall–Kier alpha value is -2.34. The van der Waals surface area contributed by atoms with Crippen molar-refractivity contribution in [2.24, 2.45) is 0 Å². The van der Waals surface area contributed by atoms with Crippen LogP contribution in [0.5, 0.6) is 0 Å². The normalized spacial score (nSPS) is 18.6. The maximum atomic E-state index is 12.5. The average molecular weight is 302 g/mol. The number of aliphatic carboxylic acids is 1. The molecule has 2 aromatic rings. The Labute approximate surface area is 127 Å². The van der Waals surface area contributed by atoms with E-state index in [2.05, 4.69) is 4.98 Å². The van der Waals surface area contributed by atoms with Gasteiger partial charge in [0.15, 0.2) is 6.04 Å². The summed E-state index contributed by atoms with van der Waals surface area (Å²) in [5.74, 6) is -1.21. The van der Waals surface area contributed by atoms with Crippen LogP contribution in [0.15, 0.2) is 24.4 Å². The molecule has 1 aliphatic heterocycles. The molecule has 1 saturated heterocycles. The molecule has 0 saturated carbocycles. The molecule has 0 spiro atoms. The van der Waals surface area contributed by atoms with Crippen molar-refractivity contribution in [3.8, 4) is 0 Å². The van der Waals surface area contributed by atoms with Gasteiger partial charge in [-0.3, -0.25) is 4.79 Å². The number of carboxylic acids is 1. The van der Waals surface area contributed by atoms with Crippen molar-refractivity contribution in [1.29, 1.82) is 0 Å². The zero-order chi connectivity index (χ0) is 15.7. The first-order valence-corrected chi connectivity index (χ1v) is 7.23. The summed E-state index contributed by atoms with van der Waals surface area (Å²) in [6, 6.07) is 5.03. The number of nitrogens with one attached hydrogen (secondary N) is 1. The van der Waals surface area contributed by atoms with Gasteiger partial charge in [-0.25, -0.2) is 4.79 Å². The van der Waals surface area contributed by atoms with E-state index in [1.807, 2.05) is 31.3 Å². The highest BCUT2D eigenvalue weighted by Crippen LogP contribution is 2.23. The minimum atomic E-state index is -1.02. The molecule has 2 heterocycles. The summed E-state index contributed by atoms with van der Waals surface area (Å²) >= 11 is 0. The number of aromatic amines is 1. The number of aromatic nitrogens is 1. The van der Waals surface area contributed by atoms with Crippen LogP contribution in [0.4, 0.5) is 0 Å². The number of rotatable bonds is 3. The van der Waals surface area contributed by atoms with Gasteiger partial charge < -0.3 is 19.7 Å². The number of carboxylic acid groups (broad SMARTS) is 1. The van der Waals surface area contributed by atoms with Gasteiger partial charge in [-0.1, -0.05) is 12.1 Å². The zero-order valence-corrected chi connectivity index (χ0v) is 12.3. The molecule has 0 aliphatic carbocycles. The number of fused-ring (bicyclic) bond motifs is 1. The molecule has 6 heteroatoms. The SMILES string of the molecule is Cc1cccc2[nH]cc(CC(=O)N3CCOCC3C(=O)O)c12. The first kappa shape index (κ1) is 14.6. The number of ether oxygens (including phenoxy) is 1. The summed E-state index contributed by atoms with van der Waals surface area (Å²) in [5, 5.41) is 10.3. The summed E-state index contributed by atoms with van der Waals surface area (Å²) in [7, 11) is 0. The predicted octanol–water partition coefficient (Wildman–Crippen LogP) is 1.33. The van der Waals surface area contributed by atoms with Gasteiger partial charge in [0.2, 0.25) is 5.91 Å². The monoisotopic (exact) mass is 302 g/mol. The largest absolute Gasteiger partial charge is 0.480 e. The Morgan fingerprint density at radius 1 is 1.45 bits per heavy atom. The molecule has 2 N–H and O–H groups in total. The molecule has 1 fully saturated rings.